The summed E-state index contributed by atoms with van der Waals surface area (Å²) in [6, 6.07) is 4.18. The average Bonchev–Trinajstić information content (AvgIpc) is 2.87. The van der Waals surface area contributed by atoms with Crippen molar-refractivity contribution in [2.45, 2.75) is 39.8 Å². The largest absolute Gasteiger partial charge is 0.487 e. The number of aryl methyl sites for hydroxylation is 1. The Morgan fingerprint density at radius 1 is 1.38 bits per heavy atom. The van der Waals surface area contributed by atoms with Gasteiger partial charge in [-0.15, -0.1) is 11.3 Å². The molecule has 0 spiro atoms. The number of nitrogens with zero attached hydrogens (tertiary/aromatic N) is 1. The summed E-state index contributed by atoms with van der Waals surface area (Å²) in [6.45, 7) is 7.69. The zero-order valence-electron chi connectivity index (χ0n) is 12.9. The Kier molecular flexibility index (Phi) is 5.79. The Bertz CT molecular complexity index is 610. The molecule has 5 heteroatoms. The molecule has 0 saturated carbocycles. The maximum Gasteiger partial charge on any atom is 0.131 e. The van der Waals surface area contributed by atoms with Crippen molar-refractivity contribution in [3.63, 3.8) is 0 Å². The SMILES string of the molecule is CNCc1cc(Br)cc(C)c1OCc1csc(C(C)C)n1. The number of aromatic nitrogens is 1. The molecule has 114 valence electrons. The molecule has 0 amide bonds. The first-order chi connectivity index (χ1) is 10.0. The van der Waals surface area contributed by atoms with E-state index in [0.717, 1.165) is 38.6 Å². The summed E-state index contributed by atoms with van der Waals surface area (Å²) < 4.78 is 7.12. The zero-order chi connectivity index (χ0) is 15.4. The number of nitrogens with one attached hydrogen (secondary N) is 1. The van der Waals surface area contributed by atoms with Gasteiger partial charge in [-0.3, -0.25) is 0 Å². The van der Waals surface area contributed by atoms with Crippen molar-refractivity contribution in [3.8, 4) is 5.75 Å². The number of rotatable bonds is 6. The van der Waals surface area contributed by atoms with Crippen molar-refractivity contribution in [3.05, 3.63) is 43.8 Å². The summed E-state index contributed by atoms with van der Waals surface area (Å²) in [4.78, 5) is 4.62. The third-order valence-corrected chi connectivity index (χ3v) is 4.76. The van der Waals surface area contributed by atoms with E-state index in [4.69, 9.17) is 4.74 Å². The van der Waals surface area contributed by atoms with Crippen molar-refractivity contribution in [2.75, 3.05) is 7.05 Å². The van der Waals surface area contributed by atoms with Crippen molar-refractivity contribution < 1.29 is 4.74 Å². The molecule has 0 fully saturated rings. The van der Waals surface area contributed by atoms with Gasteiger partial charge in [0.2, 0.25) is 0 Å². The lowest BCUT2D eigenvalue weighted by molar-refractivity contribution is 0.296. The molecule has 1 aromatic heterocycles. The molecule has 0 atom stereocenters. The molecular weight excluding hydrogens is 348 g/mol. The molecular formula is C16H21BrN2OS. The Morgan fingerprint density at radius 3 is 2.76 bits per heavy atom. The van der Waals surface area contributed by atoms with Gasteiger partial charge in [-0.05, 0) is 31.7 Å². The fourth-order valence-corrected chi connectivity index (χ4v) is 3.57. The molecule has 0 saturated heterocycles. The number of ether oxygens (including phenoxy) is 1. The van der Waals surface area contributed by atoms with Crippen LogP contribution in [0.25, 0.3) is 0 Å². The van der Waals surface area contributed by atoms with Gasteiger partial charge in [0, 0.05) is 27.9 Å². The first-order valence-electron chi connectivity index (χ1n) is 7.02. The van der Waals surface area contributed by atoms with E-state index >= 15 is 0 Å². The normalized spacial score (nSPS) is 11.1. The van der Waals surface area contributed by atoms with Crippen LogP contribution in [0, 0.1) is 6.92 Å². The lowest BCUT2D eigenvalue weighted by Crippen LogP contribution is -2.09. The van der Waals surface area contributed by atoms with E-state index < -0.39 is 0 Å². The first kappa shape index (κ1) is 16.5. The predicted octanol–water partition coefficient (Wildman–Crippen LogP) is 4.64. The highest BCUT2D eigenvalue weighted by atomic mass is 79.9. The summed E-state index contributed by atoms with van der Waals surface area (Å²) in [5.74, 6) is 1.42. The van der Waals surface area contributed by atoms with E-state index in [2.05, 4.69) is 64.5 Å². The van der Waals surface area contributed by atoms with Crippen LogP contribution in [0.2, 0.25) is 0 Å². The molecule has 3 nitrogen and oxygen atoms in total. The molecule has 1 N–H and O–H groups in total. The Hall–Kier alpha value is -0.910. The van der Waals surface area contributed by atoms with Gasteiger partial charge in [0.05, 0.1) is 10.7 Å². The Morgan fingerprint density at radius 2 is 2.14 bits per heavy atom. The number of hydrogen-bond donors (Lipinski definition) is 1. The maximum absolute atomic E-state index is 6.04. The van der Waals surface area contributed by atoms with Gasteiger partial charge in [-0.1, -0.05) is 29.8 Å². The number of hydrogen-bond acceptors (Lipinski definition) is 4. The van der Waals surface area contributed by atoms with Crippen LogP contribution >= 0.6 is 27.3 Å². The van der Waals surface area contributed by atoms with Crippen LogP contribution in [-0.4, -0.2) is 12.0 Å². The lowest BCUT2D eigenvalue weighted by atomic mass is 10.1. The Balaban J connectivity index is 2.14. The zero-order valence-corrected chi connectivity index (χ0v) is 15.3. The van der Waals surface area contributed by atoms with Crippen LogP contribution in [0.4, 0.5) is 0 Å². The minimum atomic E-state index is 0.470. The van der Waals surface area contributed by atoms with Crippen molar-refractivity contribution in [1.29, 1.82) is 0 Å². The van der Waals surface area contributed by atoms with Crippen molar-refractivity contribution in [1.82, 2.24) is 10.3 Å². The molecule has 0 bridgehead atoms. The number of thiazole rings is 1. The molecule has 2 aromatic rings. The van der Waals surface area contributed by atoms with E-state index in [0.29, 0.717) is 12.5 Å². The van der Waals surface area contributed by atoms with Crippen molar-refractivity contribution >= 4 is 27.3 Å². The van der Waals surface area contributed by atoms with Crippen LogP contribution in [-0.2, 0) is 13.2 Å². The topological polar surface area (TPSA) is 34.1 Å². The van der Waals surface area contributed by atoms with Gasteiger partial charge in [-0.2, -0.15) is 0 Å². The van der Waals surface area contributed by atoms with Crippen LogP contribution in [0.15, 0.2) is 22.0 Å². The van der Waals surface area contributed by atoms with Gasteiger partial charge >= 0.3 is 0 Å². The molecule has 0 aliphatic rings. The fourth-order valence-electron chi connectivity index (χ4n) is 2.13. The van der Waals surface area contributed by atoms with Gasteiger partial charge in [0.1, 0.15) is 12.4 Å². The molecule has 1 aromatic carbocycles. The second kappa shape index (κ2) is 7.38. The third kappa shape index (κ3) is 4.28. The minimum Gasteiger partial charge on any atom is -0.487 e. The summed E-state index contributed by atoms with van der Waals surface area (Å²) in [5.41, 5.74) is 3.29. The van der Waals surface area contributed by atoms with Gasteiger partial charge in [-0.25, -0.2) is 4.98 Å². The lowest BCUT2D eigenvalue weighted by Gasteiger charge is -2.14. The second-order valence-electron chi connectivity index (χ2n) is 5.36. The second-order valence-corrected chi connectivity index (χ2v) is 7.17. The van der Waals surface area contributed by atoms with E-state index in [1.807, 2.05) is 7.05 Å². The summed E-state index contributed by atoms with van der Waals surface area (Å²) in [5, 5.41) is 6.43. The molecule has 0 unspecified atom stereocenters. The van der Waals surface area contributed by atoms with Crippen LogP contribution in [0.3, 0.4) is 0 Å². The predicted molar refractivity (Wildman–Crippen MR) is 92.2 cm³/mol. The van der Waals surface area contributed by atoms with E-state index in [1.165, 1.54) is 0 Å². The van der Waals surface area contributed by atoms with Crippen molar-refractivity contribution in [2.24, 2.45) is 0 Å². The Labute approximate surface area is 138 Å². The highest BCUT2D eigenvalue weighted by molar-refractivity contribution is 9.10. The highest BCUT2D eigenvalue weighted by Gasteiger charge is 2.11. The molecule has 0 aliphatic heterocycles. The summed E-state index contributed by atoms with van der Waals surface area (Å²) in [6.07, 6.45) is 0. The number of benzene rings is 1. The van der Waals surface area contributed by atoms with Crippen LogP contribution in [0.1, 0.15) is 41.6 Å². The minimum absolute atomic E-state index is 0.470. The summed E-state index contributed by atoms with van der Waals surface area (Å²) >= 11 is 5.24. The molecule has 0 aliphatic carbocycles. The van der Waals surface area contributed by atoms with Gasteiger partial charge < -0.3 is 10.1 Å². The van der Waals surface area contributed by atoms with E-state index in [1.54, 1.807) is 11.3 Å². The first-order valence-corrected chi connectivity index (χ1v) is 8.69. The van der Waals surface area contributed by atoms with E-state index in [-0.39, 0.29) is 0 Å². The van der Waals surface area contributed by atoms with Crippen LogP contribution in [0.5, 0.6) is 5.75 Å². The monoisotopic (exact) mass is 368 g/mol. The number of halogens is 1. The molecule has 21 heavy (non-hydrogen) atoms. The molecule has 0 radical (unpaired) electrons. The molecule has 2 rings (SSSR count). The average molecular weight is 369 g/mol. The summed E-state index contributed by atoms with van der Waals surface area (Å²) in [7, 11) is 1.94. The third-order valence-electron chi connectivity index (χ3n) is 3.11. The fraction of sp³-hybridized carbons (Fsp3) is 0.438. The van der Waals surface area contributed by atoms with Crippen LogP contribution < -0.4 is 10.1 Å². The standard InChI is InChI=1S/C16H21BrN2OS/c1-10(2)16-19-14(9-21-16)8-20-15-11(3)5-13(17)6-12(15)7-18-4/h5-6,9-10,18H,7-8H2,1-4H3. The quantitative estimate of drug-likeness (QED) is 0.806. The smallest absolute Gasteiger partial charge is 0.131 e. The highest BCUT2D eigenvalue weighted by Crippen LogP contribution is 2.29. The molecule has 1 heterocycles. The van der Waals surface area contributed by atoms with Gasteiger partial charge in [0.15, 0.2) is 0 Å². The van der Waals surface area contributed by atoms with E-state index in [9.17, 15) is 0 Å². The maximum atomic E-state index is 6.04. The van der Waals surface area contributed by atoms with Gasteiger partial charge in [0.25, 0.3) is 0 Å².